The van der Waals surface area contributed by atoms with Gasteiger partial charge in [0.1, 0.15) is 0 Å². The van der Waals surface area contributed by atoms with Gasteiger partial charge in [0.15, 0.2) is 5.82 Å². The Morgan fingerprint density at radius 3 is 2.82 bits per heavy atom. The van der Waals surface area contributed by atoms with Gasteiger partial charge >= 0.3 is 0 Å². The molecule has 1 amide bonds. The monoisotopic (exact) mass is 306 g/mol. The van der Waals surface area contributed by atoms with Crippen LogP contribution in [0.15, 0.2) is 4.52 Å². The molecule has 6 nitrogen and oxygen atoms in total. The van der Waals surface area contributed by atoms with Crippen molar-refractivity contribution in [1.29, 1.82) is 0 Å². The van der Waals surface area contributed by atoms with Gasteiger partial charge in [-0.1, -0.05) is 24.4 Å². The Bertz CT molecular complexity index is 522. The number of aryl methyl sites for hydroxylation is 1. The van der Waals surface area contributed by atoms with Crippen LogP contribution in [0.4, 0.5) is 0 Å². The van der Waals surface area contributed by atoms with Crippen molar-refractivity contribution < 1.29 is 9.32 Å². The van der Waals surface area contributed by atoms with Gasteiger partial charge in [-0.05, 0) is 31.6 Å². The van der Waals surface area contributed by atoms with Gasteiger partial charge in [-0.2, -0.15) is 4.98 Å². The van der Waals surface area contributed by atoms with E-state index in [-0.39, 0.29) is 5.91 Å². The zero-order chi connectivity index (χ0) is 15.6. The van der Waals surface area contributed by atoms with Crippen molar-refractivity contribution in [3.8, 4) is 0 Å². The summed E-state index contributed by atoms with van der Waals surface area (Å²) in [5, 5.41) is 3.97. The van der Waals surface area contributed by atoms with E-state index >= 15 is 0 Å². The van der Waals surface area contributed by atoms with Gasteiger partial charge in [-0.25, -0.2) is 0 Å². The molecule has 122 valence electrons. The normalized spacial score (nSPS) is 25.2. The van der Waals surface area contributed by atoms with Crippen molar-refractivity contribution in [1.82, 2.24) is 15.0 Å². The van der Waals surface area contributed by atoms with Crippen molar-refractivity contribution in [2.24, 2.45) is 11.7 Å². The van der Waals surface area contributed by atoms with Crippen LogP contribution in [0.3, 0.4) is 0 Å². The summed E-state index contributed by atoms with van der Waals surface area (Å²) in [6, 6.07) is 0. The number of carbonyl (C=O) groups is 1. The molecular weight excluding hydrogens is 280 g/mol. The third-order valence-corrected chi connectivity index (χ3v) is 5.02. The molecule has 2 aliphatic rings. The molecule has 0 bridgehead atoms. The van der Waals surface area contributed by atoms with Gasteiger partial charge in [-0.15, -0.1) is 0 Å². The van der Waals surface area contributed by atoms with E-state index in [1.807, 2.05) is 4.90 Å². The van der Waals surface area contributed by atoms with Crippen molar-refractivity contribution in [3.63, 3.8) is 0 Å². The molecule has 2 N–H and O–H groups in total. The van der Waals surface area contributed by atoms with Gasteiger partial charge in [0.25, 0.3) is 0 Å². The highest BCUT2D eigenvalue weighted by atomic mass is 16.5. The smallest absolute Gasteiger partial charge is 0.242 e. The lowest BCUT2D eigenvalue weighted by Crippen LogP contribution is -2.58. The Labute approximate surface area is 131 Å². The summed E-state index contributed by atoms with van der Waals surface area (Å²) in [5.74, 6) is 1.90. The molecule has 1 aliphatic heterocycles. The van der Waals surface area contributed by atoms with E-state index in [2.05, 4.69) is 10.1 Å². The van der Waals surface area contributed by atoms with Crippen LogP contribution in [0.2, 0.25) is 0 Å². The SMILES string of the molecule is Cc1nc(CC2CCCN(C(=O)C3(N)CCCCC3)C2)no1. The van der Waals surface area contributed by atoms with Crippen LogP contribution in [0, 0.1) is 12.8 Å². The standard InChI is InChI=1S/C16H26N4O2/c1-12-18-14(19-22-12)10-13-6-5-9-20(11-13)15(21)16(17)7-3-2-4-8-16/h13H,2-11,17H2,1H3. The van der Waals surface area contributed by atoms with E-state index in [0.29, 0.717) is 11.8 Å². The second-order valence-electron chi connectivity index (χ2n) is 6.91. The first-order chi connectivity index (χ1) is 10.6. The van der Waals surface area contributed by atoms with E-state index < -0.39 is 5.54 Å². The van der Waals surface area contributed by atoms with Crippen LogP contribution in [-0.2, 0) is 11.2 Å². The molecule has 1 saturated carbocycles. The fourth-order valence-corrected chi connectivity index (χ4v) is 3.81. The summed E-state index contributed by atoms with van der Waals surface area (Å²) >= 11 is 0. The van der Waals surface area contributed by atoms with E-state index in [1.165, 1.54) is 6.42 Å². The molecular formula is C16H26N4O2. The fourth-order valence-electron chi connectivity index (χ4n) is 3.81. The first-order valence-corrected chi connectivity index (χ1v) is 8.44. The summed E-state index contributed by atoms with van der Waals surface area (Å²) in [6.07, 6.45) is 7.92. The highest BCUT2D eigenvalue weighted by Crippen LogP contribution is 2.30. The number of amides is 1. The van der Waals surface area contributed by atoms with E-state index in [9.17, 15) is 4.79 Å². The largest absolute Gasteiger partial charge is 0.341 e. The van der Waals surface area contributed by atoms with Gasteiger partial charge < -0.3 is 15.2 Å². The molecule has 3 rings (SSSR count). The summed E-state index contributed by atoms with van der Waals surface area (Å²) in [7, 11) is 0. The molecule has 22 heavy (non-hydrogen) atoms. The number of carbonyl (C=O) groups excluding carboxylic acids is 1. The molecule has 2 fully saturated rings. The lowest BCUT2D eigenvalue weighted by molar-refractivity contribution is -0.140. The molecule has 0 aromatic carbocycles. The molecule has 0 radical (unpaired) electrons. The number of hydrogen-bond acceptors (Lipinski definition) is 5. The average molecular weight is 306 g/mol. The molecule has 0 spiro atoms. The van der Waals surface area contributed by atoms with Crippen molar-refractivity contribution in [2.75, 3.05) is 13.1 Å². The zero-order valence-electron chi connectivity index (χ0n) is 13.4. The van der Waals surface area contributed by atoms with Crippen LogP contribution < -0.4 is 5.73 Å². The first kappa shape index (κ1) is 15.5. The number of likely N-dealkylation sites (tertiary alicyclic amines) is 1. The molecule has 2 heterocycles. The second-order valence-corrected chi connectivity index (χ2v) is 6.91. The van der Waals surface area contributed by atoms with E-state index in [0.717, 1.165) is 63.9 Å². The predicted molar refractivity (Wildman–Crippen MR) is 82.0 cm³/mol. The highest BCUT2D eigenvalue weighted by molar-refractivity contribution is 5.86. The van der Waals surface area contributed by atoms with Crippen LogP contribution in [0.25, 0.3) is 0 Å². The molecule has 1 saturated heterocycles. The van der Waals surface area contributed by atoms with Gasteiger partial charge in [-0.3, -0.25) is 4.79 Å². The number of nitrogens with zero attached hydrogens (tertiary/aromatic N) is 3. The molecule has 1 unspecified atom stereocenters. The maximum atomic E-state index is 12.8. The molecule has 1 aromatic heterocycles. The van der Waals surface area contributed by atoms with E-state index in [4.69, 9.17) is 10.3 Å². The Hall–Kier alpha value is -1.43. The summed E-state index contributed by atoms with van der Waals surface area (Å²) in [6.45, 7) is 3.40. The summed E-state index contributed by atoms with van der Waals surface area (Å²) in [4.78, 5) is 19.1. The fraction of sp³-hybridized carbons (Fsp3) is 0.812. The Morgan fingerprint density at radius 1 is 1.36 bits per heavy atom. The molecule has 6 heteroatoms. The van der Waals surface area contributed by atoms with Crippen LogP contribution in [-0.4, -0.2) is 39.6 Å². The van der Waals surface area contributed by atoms with Crippen molar-refractivity contribution in [3.05, 3.63) is 11.7 Å². The number of rotatable bonds is 3. The number of nitrogens with two attached hydrogens (primary N) is 1. The predicted octanol–water partition coefficient (Wildman–Crippen LogP) is 1.82. The minimum atomic E-state index is -0.622. The third kappa shape index (κ3) is 3.32. The lowest BCUT2D eigenvalue weighted by Gasteiger charge is -2.40. The third-order valence-electron chi connectivity index (χ3n) is 5.02. The minimum Gasteiger partial charge on any atom is -0.341 e. The quantitative estimate of drug-likeness (QED) is 0.920. The zero-order valence-corrected chi connectivity index (χ0v) is 13.4. The Kier molecular flexibility index (Phi) is 4.47. The van der Waals surface area contributed by atoms with Crippen molar-refractivity contribution >= 4 is 5.91 Å². The lowest BCUT2D eigenvalue weighted by atomic mass is 9.80. The van der Waals surface area contributed by atoms with Crippen molar-refractivity contribution in [2.45, 2.75) is 63.8 Å². The van der Waals surface area contributed by atoms with Gasteiger partial charge in [0.05, 0.1) is 5.54 Å². The number of aromatic nitrogens is 2. The molecule has 1 atom stereocenters. The minimum absolute atomic E-state index is 0.154. The Balaban J connectivity index is 1.61. The number of piperidine rings is 1. The van der Waals surface area contributed by atoms with Crippen LogP contribution in [0.1, 0.15) is 56.7 Å². The van der Waals surface area contributed by atoms with Crippen LogP contribution in [0.5, 0.6) is 0 Å². The van der Waals surface area contributed by atoms with E-state index in [1.54, 1.807) is 6.92 Å². The van der Waals surface area contributed by atoms with Crippen LogP contribution >= 0.6 is 0 Å². The maximum absolute atomic E-state index is 12.8. The topological polar surface area (TPSA) is 85.2 Å². The average Bonchev–Trinajstić information content (AvgIpc) is 2.92. The highest BCUT2D eigenvalue weighted by Gasteiger charge is 2.39. The summed E-state index contributed by atoms with van der Waals surface area (Å²) < 4.78 is 5.03. The Morgan fingerprint density at radius 2 is 2.14 bits per heavy atom. The first-order valence-electron chi connectivity index (χ1n) is 8.44. The van der Waals surface area contributed by atoms with Gasteiger partial charge in [0.2, 0.25) is 11.8 Å². The van der Waals surface area contributed by atoms with Gasteiger partial charge in [0, 0.05) is 26.4 Å². The number of hydrogen-bond donors (Lipinski definition) is 1. The second kappa shape index (κ2) is 6.36. The summed E-state index contributed by atoms with van der Waals surface area (Å²) in [5.41, 5.74) is 5.78. The molecule has 1 aromatic rings. The maximum Gasteiger partial charge on any atom is 0.242 e. The molecule has 1 aliphatic carbocycles.